The Balaban J connectivity index is 1.61. The van der Waals surface area contributed by atoms with Gasteiger partial charge in [-0.2, -0.15) is 5.26 Å². The molecule has 0 radical (unpaired) electrons. The van der Waals surface area contributed by atoms with E-state index < -0.39 is 5.82 Å². The standard InChI is InChI=1S/C29H30Cl2FN5O3/c1-4-39-24-15-23-20(29(18(16-33)17-34-23)35-22-8-7-21(30)27(31)28(22)32)14-25(24)40-19-9-12-37(13-10-19)26(38)6-5-11-36(2)3/h5-8,14-15,17,19H,4,9-13H2,1-3H3,(H,34,35)/b6-5+. The summed E-state index contributed by atoms with van der Waals surface area (Å²) in [5.41, 5.74) is 1.15. The van der Waals surface area contributed by atoms with E-state index in [-0.39, 0.29) is 33.3 Å². The number of ether oxygens (including phenoxy) is 2. The molecular formula is C29H30Cl2FN5O3. The smallest absolute Gasteiger partial charge is 0.246 e. The van der Waals surface area contributed by atoms with Crippen LogP contribution in [0.2, 0.25) is 10.0 Å². The largest absolute Gasteiger partial charge is 0.490 e. The number of amides is 1. The lowest BCUT2D eigenvalue weighted by Gasteiger charge is -2.32. The third-order valence-electron chi connectivity index (χ3n) is 6.43. The number of aromatic nitrogens is 1. The number of fused-ring (bicyclic) bond motifs is 1. The molecule has 11 heteroatoms. The van der Waals surface area contributed by atoms with E-state index in [1.54, 1.807) is 18.2 Å². The zero-order chi connectivity index (χ0) is 28.8. The molecule has 40 heavy (non-hydrogen) atoms. The SMILES string of the molecule is CCOc1cc2ncc(C#N)c(Nc3ccc(Cl)c(Cl)c3F)c2cc1OC1CCN(C(=O)/C=C/CN(C)C)CC1. The first kappa shape index (κ1) is 29.4. The highest BCUT2D eigenvalue weighted by atomic mass is 35.5. The van der Waals surface area contributed by atoms with Crippen molar-refractivity contribution >= 4 is 51.4 Å². The van der Waals surface area contributed by atoms with Gasteiger partial charge in [0.1, 0.15) is 12.2 Å². The number of anilines is 2. The molecule has 0 unspecified atom stereocenters. The van der Waals surface area contributed by atoms with Crippen LogP contribution in [0.15, 0.2) is 42.6 Å². The summed E-state index contributed by atoms with van der Waals surface area (Å²) in [6.45, 7) is 4.11. The molecule has 2 aromatic carbocycles. The van der Waals surface area contributed by atoms with Gasteiger partial charge in [-0.1, -0.05) is 29.3 Å². The lowest BCUT2D eigenvalue weighted by Crippen LogP contribution is -2.41. The Morgan fingerprint density at radius 2 is 2.02 bits per heavy atom. The Morgan fingerprint density at radius 1 is 1.27 bits per heavy atom. The fraction of sp³-hybridized carbons (Fsp3) is 0.345. The second kappa shape index (κ2) is 13.2. The lowest BCUT2D eigenvalue weighted by atomic mass is 10.1. The topological polar surface area (TPSA) is 90.7 Å². The highest BCUT2D eigenvalue weighted by molar-refractivity contribution is 6.42. The van der Waals surface area contributed by atoms with Crippen molar-refractivity contribution in [2.24, 2.45) is 0 Å². The molecular weight excluding hydrogens is 556 g/mol. The normalized spacial score (nSPS) is 14.1. The zero-order valence-electron chi connectivity index (χ0n) is 22.5. The third-order valence-corrected chi connectivity index (χ3v) is 7.21. The van der Waals surface area contributed by atoms with Crippen LogP contribution in [-0.2, 0) is 4.79 Å². The van der Waals surface area contributed by atoms with Crippen molar-refractivity contribution in [1.29, 1.82) is 5.26 Å². The Bertz CT molecular complexity index is 1470. The van der Waals surface area contributed by atoms with Gasteiger partial charge in [0.25, 0.3) is 0 Å². The number of halogens is 3. The van der Waals surface area contributed by atoms with E-state index in [2.05, 4.69) is 16.4 Å². The number of pyridine rings is 1. The first-order valence-electron chi connectivity index (χ1n) is 12.9. The average molecular weight is 586 g/mol. The Morgan fingerprint density at radius 3 is 2.70 bits per heavy atom. The van der Waals surface area contributed by atoms with Gasteiger partial charge in [-0.25, -0.2) is 4.39 Å². The molecule has 8 nitrogen and oxygen atoms in total. The van der Waals surface area contributed by atoms with Crippen LogP contribution in [0.25, 0.3) is 10.9 Å². The van der Waals surface area contributed by atoms with E-state index in [1.165, 1.54) is 18.3 Å². The number of carbonyl (C=O) groups excluding carboxylic acids is 1. The predicted octanol–water partition coefficient (Wildman–Crippen LogP) is 6.18. The maximum atomic E-state index is 14.9. The molecule has 0 aliphatic carbocycles. The average Bonchev–Trinajstić information content (AvgIpc) is 2.94. The molecule has 4 rings (SSSR count). The second-order valence-electron chi connectivity index (χ2n) is 9.56. The van der Waals surface area contributed by atoms with Crippen molar-refractivity contribution in [1.82, 2.24) is 14.8 Å². The van der Waals surface area contributed by atoms with Gasteiger partial charge in [0.05, 0.1) is 39.1 Å². The molecule has 210 valence electrons. The van der Waals surface area contributed by atoms with Gasteiger partial charge in [0.2, 0.25) is 5.91 Å². The summed E-state index contributed by atoms with van der Waals surface area (Å²) in [5.74, 6) is 0.230. The molecule has 1 amide bonds. The van der Waals surface area contributed by atoms with Crippen LogP contribution in [0.4, 0.5) is 15.8 Å². The molecule has 0 atom stereocenters. The number of nitriles is 1. The minimum absolute atomic E-state index is 0.0126. The number of likely N-dealkylation sites (N-methyl/N-ethyl adjacent to an activating group) is 1. The monoisotopic (exact) mass is 585 g/mol. The summed E-state index contributed by atoms with van der Waals surface area (Å²) in [4.78, 5) is 20.7. The van der Waals surface area contributed by atoms with Crippen molar-refractivity contribution in [3.05, 3.63) is 64.0 Å². The van der Waals surface area contributed by atoms with Crippen LogP contribution < -0.4 is 14.8 Å². The molecule has 1 aliphatic heterocycles. The summed E-state index contributed by atoms with van der Waals surface area (Å²) in [6.07, 6.45) is 6.02. The van der Waals surface area contributed by atoms with Crippen LogP contribution in [0, 0.1) is 17.1 Å². The molecule has 1 saturated heterocycles. The molecule has 1 aliphatic rings. The number of hydrogen-bond acceptors (Lipinski definition) is 7. The van der Waals surface area contributed by atoms with E-state index in [4.69, 9.17) is 32.7 Å². The van der Waals surface area contributed by atoms with Crippen LogP contribution in [0.5, 0.6) is 11.5 Å². The van der Waals surface area contributed by atoms with Gasteiger partial charge in [-0.3, -0.25) is 9.78 Å². The van der Waals surface area contributed by atoms with E-state index in [0.29, 0.717) is 67.2 Å². The van der Waals surface area contributed by atoms with Gasteiger partial charge >= 0.3 is 0 Å². The van der Waals surface area contributed by atoms with Crippen LogP contribution in [-0.4, -0.2) is 67.1 Å². The first-order chi connectivity index (χ1) is 19.2. The summed E-state index contributed by atoms with van der Waals surface area (Å²) >= 11 is 12.0. The van der Waals surface area contributed by atoms with Gasteiger partial charge in [0.15, 0.2) is 17.3 Å². The fourth-order valence-corrected chi connectivity index (χ4v) is 4.69. The number of benzene rings is 2. The number of rotatable bonds is 9. The quantitative estimate of drug-likeness (QED) is 0.237. The molecule has 0 spiro atoms. The van der Waals surface area contributed by atoms with E-state index in [9.17, 15) is 14.4 Å². The molecule has 0 bridgehead atoms. The second-order valence-corrected chi connectivity index (χ2v) is 10.3. The number of likely N-dealkylation sites (tertiary alicyclic amines) is 1. The summed E-state index contributed by atoms with van der Waals surface area (Å²) < 4.78 is 27.1. The fourth-order valence-electron chi connectivity index (χ4n) is 4.38. The van der Waals surface area contributed by atoms with Gasteiger partial charge < -0.3 is 24.6 Å². The Kier molecular flexibility index (Phi) is 9.69. The highest BCUT2D eigenvalue weighted by Crippen LogP contribution is 2.39. The summed E-state index contributed by atoms with van der Waals surface area (Å²) in [5, 5.41) is 13.2. The predicted molar refractivity (Wildman–Crippen MR) is 155 cm³/mol. The van der Waals surface area contributed by atoms with Crippen LogP contribution >= 0.6 is 23.2 Å². The van der Waals surface area contributed by atoms with Crippen molar-refractivity contribution in [2.45, 2.75) is 25.9 Å². The first-order valence-corrected chi connectivity index (χ1v) is 13.6. The van der Waals surface area contributed by atoms with Crippen LogP contribution in [0.3, 0.4) is 0 Å². The minimum atomic E-state index is -0.733. The molecule has 3 aromatic rings. The highest BCUT2D eigenvalue weighted by Gasteiger charge is 2.25. The summed E-state index contributed by atoms with van der Waals surface area (Å²) in [6, 6.07) is 8.51. The molecule has 1 aromatic heterocycles. The van der Waals surface area contributed by atoms with Gasteiger partial charge in [-0.05, 0) is 39.2 Å². The Labute approximate surface area is 242 Å². The number of carbonyl (C=O) groups is 1. The van der Waals surface area contributed by atoms with E-state index in [1.807, 2.05) is 36.9 Å². The molecule has 1 fully saturated rings. The number of hydrogen-bond donors (Lipinski definition) is 1. The number of nitrogens with one attached hydrogen (secondary N) is 1. The number of piperidine rings is 1. The van der Waals surface area contributed by atoms with E-state index in [0.717, 1.165) is 0 Å². The van der Waals surface area contributed by atoms with Crippen molar-refractivity contribution < 1.29 is 18.7 Å². The lowest BCUT2D eigenvalue weighted by molar-refractivity contribution is -0.127. The molecule has 2 heterocycles. The molecule has 0 saturated carbocycles. The number of nitrogens with zero attached hydrogens (tertiary/aromatic N) is 4. The Hall–Kier alpha value is -3.58. The molecule has 1 N–H and O–H groups in total. The third kappa shape index (κ3) is 6.76. The maximum absolute atomic E-state index is 14.9. The maximum Gasteiger partial charge on any atom is 0.246 e. The van der Waals surface area contributed by atoms with Crippen molar-refractivity contribution in [3.63, 3.8) is 0 Å². The van der Waals surface area contributed by atoms with Gasteiger partial charge in [0, 0.05) is 56.2 Å². The van der Waals surface area contributed by atoms with Crippen LogP contribution in [0.1, 0.15) is 25.3 Å². The zero-order valence-corrected chi connectivity index (χ0v) is 24.0. The van der Waals surface area contributed by atoms with Crippen molar-refractivity contribution in [2.75, 3.05) is 45.7 Å². The van der Waals surface area contributed by atoms with E-state index >= 15 is 0 Å². The minimum Gasteiger partial charge on any atom is -0.490 e. The summed E-state index contributed by atoms with van der Waals surface area (Å²) in [7, 11) is 3.89. The van der Waals surface area contributed by atoms with Gasteiger partial charge in [-0.15, -0.1) is 0 Å². The van der Waals surface area contributed by atoms with Crippen molar-refractivity contribution in [3.8, 4) is 17.6 Å².